The fourth-order valence-corrected chi connectivity index (χ4v) is 4.69. The first-order chi connectivity index (χ1) is 16.9. The van der Waals surface area contributed by atoms with Crippen molar-refractivity contribution in [3.63, 3.8) is 0 Å². The number of amides is 1. The highest BCUT2D eigenvalue weighted by atomic mass is 35.5. The second-order valence-electron chi connectivity index (χ2n) is 8.26. The van der Waals surface area contributed by atoms with Crippen molar-refractivity contribution in [2.45, 2.75) is 12.5 Å². The van der Waals surface area contributed by atoms with Gasteiger partial charge in [0.15, 0.2) is 11.5 Å². The summed E-state index contributed by atoms with van der Waals surface area (Å²) in [6, 6.07) is 18.7. The lowest BCUT2D eigenvalue weighted by Gasteiger charge is -2.26. The summed E-state index contributed by atoms with van der Waals surface area (Å²) in [5.41, 5.74) is 1.93. The minimum atomic E-state index is -0.832. The topological polar surface area (TPSA) is 76.1 Å². The SMILES string of the molecule is O=C1C(=O)N(CCc2ccccc2)[C@@H](c2ccc(Cl)c(Cl)c2)C1=C(O)c1ccc2c(c1)OCCO2. The van der Waals surface area contributed by atoms with Crippen LogP contribution in [0.4, 0.5) is 0 Å². The van der Waals surface area contributed by atoms with E-state index in [2.05, 4.69) is 0 Å². The van der Waals surface area contributed by atoms with E-state index in [4.69, 9.17) is 32.7 Å². The van der Waals surface area contributed by atoms with Crippen LogP contribution in [-0.4, -0.2) is 41.5 Å². The fraction of sp³-hybridized carbons (Fsp3) is 0.185. The van der Waals surface area contributed by atoms with Gasteiger partial charge >= 0.3 is 0 Å². The van der Waals surface area contributed by atoms with E-state index < -0.39 is 17.7 Å². The summed E-state index contributed by atoms with van der Waals surface area (Å²) in [6.07, 6.45) is 0.537. The lowest BCUT2D eigenvalue weighted by Crippen LogP contribution is -2.31. The van der Waals surface area contributed by atoms with Gasteiger partial charge in [-0.05, 0) is 47.9 Å². The van der Waals surface area contributed by atoms with Crippen LogP contribution in [0.1, 0.15) is 22.7 Å². The smallest absolute Gasteiger partial charge is 0.295 e. The third-order valence-corrected chi connectivity index (χ3v) is 6.84. The molecule has 0 aromatic heterocycles. The maximum absolute atomic E-state index is 13.2. The van der Waals surface area contributed by atoms with Crippen LogP contribution in [0.2, 0.25) is 10.0 Å². The molecule has 1 fully saturated rings. The zero-order valence-electron chi connectivity index (χ0n) is 18.5. The van der Waals surface area contributed by atoms with Gasteiger partial charge in [-0.3, -0.25) is 9.59 Å². The predicted octanol–water partition coefficient (Wildman–Crippen LogP) is 5.43. The molecule has 1 saturated heterocycles. The molecule has 0 aliphatic carbocycles. The van der Waals surface area contributed by atoms with E-state index in [0.29, 0.717) is 47.3 Å². The number of halogens is 2. The summed E-state index contributed by atoms with van der Waals surface area (Å²) < 4.78 is 11.2. The van der Waals surface area contributed by atoms with Crippen LogP contribution in [0.3, 0.4) is 0 Å². The largest absolute Gasteiger partial charge is 0.507 e. The molecule has 178 valence electrons. The first-order valence-corrected chi connectivity index (χ1v) is 11.9. The van der Waals surface area contributed by atoms with Gasteiger partial charge in [-0.15, -0.1) is 0 Å². The number of ketones is 1. The summed E-state index contributed by atoms with van der Waals surface area (Å²) in [4.78, 5) is 27.9. The van der Waals surface area contributed by atoms with E-state index in [0.717, 1.165) is 5.56 Å². The molecule has 0 spiro atoms. The molecule has 1 N–H and O–H groups in total. The number of carbonyl (C=O) groups is 2. The number of likely N-dealkylation sites (tertiary alicyclic amines) is 1. The van der Waals surface area contributed by atoms with Gasteiger partial charge in [0.25, 0.3) is 11.7 Å². The summed E-state index contributed by atoms with van der Waals surface area (Å²) in [5.74, 6) is -0.724. The van der Waals surface area contributed by atoms with Crippen LogP contribution in [0.15, 0.2) is 72.3 Å². The van der Waals surface area contributed by atoms with Crippen molar-refractivity contribution in [3.05, 3.63) is 99.0 Å². The van der Waals surface area contributed by atoms with Gasteiger partial charge < -0.3 is 19.5 Å². The van der Waals surface area contributed by atoms with Crippen LogP contribution >= 0.6 is 23.2 Å². The number of ether oxygens (including phenoxy) is 2. The van der Waals surface area contributed by atoms with Crippen molar-refractivity contribution in [1.82, 2.24) is 4.90 Å². The number of Topliss-reactive ketones (excluding diaryl/α,β-unsaturated/α-hetero) is 1. The molecular formula is C27H21Cl2NO5. The normalized spacial score (nSPS) is 18.7. The molecule has 1 amide bonds. The number of hydrogen-bond acceptors (Lipinski definition) is 5. The monoisotopic (exact) mass is 509 g/mol. The summed E-state index contributed by atoms with van der Waals surface area (Å²) in [7, 11) is 0. The van der Waals surface area contributed by atoms with Crippen LogP contribution in [-0.2, 0) is 16.0 Å². The van der Waals surface area contributed by atoms with Crippen molar-refractivity contribution < 1.29 is 24.2 Å². The van der Waals surface area contributed by atoms with E-state index >= 15 is 0 Å². The molecule has 2 heterocycles. The van der Waals surface area contributed by atoms with Crippen LogP contribution < -0.4 is 9.47 Å². The Morgan fingerprint density at radius 1 is 0.914 bits per heavy atom. The number of carbonyl (C=O) groups excluding carboxylic acids is 2. The van der Waals surface area contributed by atoms with Gasteiger partial charge in [-0.25, -0.2) is 0 Å². The highest BCUT2D eigenvalue weighted by molar-refractivity contribution is 6.46. The Morgan fingerprint density at radius 2 is 1.66 bits per heavy atom. The first kappa shape index (κ1) is 23.3. The average molecular weight is 510 g/mol. The summed E-state index contributed by atoms with van der Waals surface area (Å²) in [6.45, 7) is 1.09. The summed E-state index contributed by atoms with van der Waals surface area (Å²) >= 11 is 12.4. The highest BCUT2D eigenvalue weighted by Crippen LogP contribution is 2.42. The maximum Gasteiger partial charge on any atom is 0.295 e. The lowest BCUT2D eigenvalue weighted by molar-refractivity contribution is -0.139. The Kier molecular flexibility index (Phi) is 6.41. The number of nitrogens with zero attached hydrogens (tertiary/aromatic N) is 1. The zero-order valence-corrected chi connectivity index (χ0v) is 20.1. The van der Waals surface area contributed by atoms with Gasteiger partial charge in [0.05, 0.1) is 21.7 Å². The fourth-order valence-electron chi connectivity index (χ4n) is 4.38. The Labute approximate surface area is 212 Å². The van der Waals surface area contributed by atoms with Crippen LogP contribution in [0.5, 0.6) is 11.5 Å². The average Bonchev–Trinajstić information content (AvgIpc) is 3.14. The molecule has 2 aliphatic rings. The molecule has 8 heteroatoms. The zero-order chi connectivity index (χ0) is 24.5. The Bertz CT molecular complexity index is 1340. The van der Waals surface area contributed by atoms with Gasteiger partial charge in [0.2, 0.25) is 0 Å². The van der Waals surface area contributed by atoms with Crippen LogP contribution in [0, 0.1) is 0 Å². The maximum atomic E-state index is 13.2. The van der Waals surface area contributed by atoms with Gasteiger partial charge in [-0.2, -0.15) is 0 Å². The van der Waals surface area contributed by atoms with E-state index in [9.17, 15) is 14.7 Å². The number of benzene rings is 3. The molecule has 5 rings (SSSR count). The number of fused-ring (bicyclic) bond motifs is 1. The molecule has 6 nitrogen and oxygen atoms in total. The lowest BCUT2D eigenvalue weighted by atomic mass is 9.95. The Morgan fingerprint density at radius 3 is 2.40 bits per heavy atom. The minimum absolute atomic E-state index is 0.0156. The highest BCUT2D eigenvalue weighted by Gasteiger charge is 2.46. The quantitative estimate of drug-likeness (QED) is 0.282. The van der Waals surface area contributed by atoms with Gasteiger partial charge in [-0.1, -0.05) is 59.6 Å². The van der Waals surface area contributed by atoms with Crippen molar-refractivity contribution >= 4 is 40.7 Å². The molecule has 1 atom stereocenters. The molecule has 3 aromatic carbocycles. The molecule has 3 aromatic rings. The second-order valence-corrected chi connectivity index (χ2v) is 9.07. The summed E-state index contributed by atoms with van der Waals surface area (Å²) in [5, 5.41) is 11.9. The van der Waals surface area contributed by atoms with E-state index in [-0.39, 0.29) is 22.9 Å². The van der Waals surface area contributed by atoms with Gasteiger partial charge in [0.1, 0.15) is 19.0 Å². The molecular weight excluding hydrogens is 489 g/mol. The number of rotatable bonds is 5. The Hall–Kier alpha value is -3.48. The van der Waals surface area contributed by atoms with E-state index in [1.807, 2.05) is 30.3 Å². The molecule has 0 unspecified atom stereocenters. The molecule has 2 aliphatic heterocycles. The van der Waals surface area contributed by atoms with Crippen molar-refractivity contribution in [1.29, 1.82) is 0 Å². The van der Waals surface area contributed by atoms with Gasteiger partial charge in [0, 0.05) is 12.1 Å². The molecule has 0 bridgehead atoms. The van der Waals surface area contributed by atoms with Crippen molar-refractivity contribution in [3.8, 4) is 11.5 Å². The third-order valence-electron chi connectivity index (χ3n) is 6.10. The number of hydrogen-bond donors (Lipinski definition) is 1. The van der Waals surface area contributed by atoms with Crippen molar-refractivity contribution in [2.24, 2.45) is 0 Å². The molecule has 0 saturated carbocycles. The first-order valence-electron chi connectivity index (χ1n) is 11.1. The van der Waals surface area contributed by atoms with Crippen LogP contribution in [0.25, 0.3) is 5.76 Å². The molecule has 35 heavy (non-hydrogen) atoms. The second kappa shape index (κ2) is 9.64. The predicted molar refractivity (Wildman–Crippen MR) is 133 cm³/mol. The number of aliphatic hydroxyl groups excluding tert-OH is 1. The third kappa shape index (κ3) is 4.47. The standard InChI is InChI=1S/C27H21Cl2NO5/c28-19-8-6-17(14-20(19)29)24-23(25(31)18-7-9-21-22(15-18)35-13-12-34-21)26(32)27(33)30(24)11-10-16-4-2-1-3-5-16/h1-9,14-15,24,31H,10-13H2/t24-/m0/s1. The van der Waals surface area contributed by atoms with E-state index in [1.165, 1.54) is 4.90 Å². The van der Waals surface area contributed by atoms with E-state index in [1.54, 1.807) is 36.4 Å². The minimum Gasteiger partial charge on any atom is -0.507 e. The number of aliphatic hydroxyl groups is 1. The van der Waals surface area contributed by atoms with Crippen molar-refractivity contribution in [2.75, 3.05) is 19.8 Å². The Balaban J connectivity index is 1.59. The molecule has 0 radical (unpaired) electrons.